The number of carbonyl (C=O) groups is 1. The number of benzene rings is 1. The van der Waals surface area contributed by atoms with Crippen LogP contribution in [-0.2, 0) is 11.3 Å². The molecule has 0 aliphatic carbocycles. The van der Waals surface area contributed by atoms with Crippen LogP contribution in [0.5, 0.6) is 5.88 Å². The molecule has 1 amide bonds. The number of ether oxygens (including phenoxy) is 2. The molecule has 0 spiro atoms. The van der Waals surface area contributed by atoms with Crippen LogP contribution in [0, 0.1) is 5.92 Å². The number of piperidine rings is 1. The van der Waals surface area contributed by atoms with Crippen LogP contribution in [0.2, 0.25) is 0 Å². The molecule has 1 fully saturated rings. The fraction of sp³-hybridized carbons (Fsp3) is 0.483. The van der Waals surface area contributed by atoms with Gasteiger partial charge in [-0.2, -0.15) is 0 Å². The molecule has 3 aromatic rings. The number of amides is 1. The second kappa shape index (κ2) is 11.8. The van der Waals surface area contributed by atoms with Gasteiger partial charge in [-0.15, -0.1) is 0 Å². The quantitative estimate of drug-likeness (QED) is 0.383. The number of carbonyl (C=O) groups excluding carboxylic acids is 1. The summed E-state index contributed by atoms with van der Waals surface area (Å²) < 4.78 is 11.3. The summed E-state index contributed by atoms with van der Waals surface area (Å²) in [4.78, 5) is 23.5. The van der Waals surface area contributed by atoms with Crippen molar-refractivity contribution in [2.24, 2.45) is 5.92 Å². The Morgan fingerprint density at radius 2 is 1.89 bits per heavy atom. The Balaban J connectivity index is 1.28. The van der Waals surface area contributed by atoms with Crippen molar-refractivity contribution in [2.75, 3.05) is 30.3 Å². The van der Waals surface area contributed by atoms with Gasteiger partial charge in [-0.3, -0.25) is 5.32 Å². The van der Waals surface area contributed by atoms with Crippen molar-refractivity contribution in [3.8, 4) is 5.88 Å². The molecule has 1 aliphatic heterocycles. The summed E-state index contributed by atoms with van der Waals surface area (Å²) in [5.74, 6) is 1.75. The topological polar surface area (TPSA) is 88.6 Å². The van der Waals surface area contributed by atoms with Gasteiger partial charge >= 0.3 is 6.09 Å². The van der Waals surface area contributed by atoms with Crippen LogP contribution in [0.15, 0.2) is 48.8 Å². The maximum absolute atomic E-state index is 12.2. The minimum atomic E-state index is -0.573. The highest BCUT2D eigenvalue weighted by Crippen LogP contribution is 2.25. The number of nitrogens with zero attached hydrogens (tertiary/aromatic N) is 3. The third-order valence-electron chi connectivity index (χ3n) is 6.52. The van der Waals surface area contributed by atoms with E-state index in [9.17, 15) is 4.79 Å². The standard InChI is InChI=1S/C29H39N5O3/c1-20(2)34-14-11-21(12-15-34)19-36-26-9-6-22(18-32-26)17-31-24-7-8-25-23(16-24)10-13-30-27(25)33-28(35)37-29(3,4)5/h6-10,13,16,18,20-21,31H,11-12,14-15,17,19H2,1-5H3,(H,30,33,35). The van der Waals surface area contributed by atoms with Crippen molar-refractivity contribution < 1.29 is 14.3 Å². The lowest BCUT2D eigenvalue weighted by atomic mass is 9.97. The number of rotatable bonds is 8. The molecule has 0 atom stereocenters. The number of hydrogen-bond donors (Lipinski definition) is 2. The van der Waals surface area contributed by atoms with Crippen molar-refractivity contribution in [2.45, 2.75) is 65.6 Å². The second-order valence-corrected chi connectivity index (χ2v) is 11.0. The van der Waals surface area contributed by atoms with Gasteiger partial charge < -0.3 is 19.7 Å². The third-order valence-corrected chi connectivity index (χ3v) is 6.52. The van der Waals surface area contributed by atoms with Gasteiger partial charge in [0.15, 0.2) is 0 Å². The van der Waals surface area contributed by atoms with Gasteiger partial charge in [-0.05, 0) is 102 Å². The maximum Gasteiger partial charge on any atom is 0.413 e. The van der Waals surface area contributed by atoms with E-state index in [-0.39, 0.29) is 0 Å². The van der Waals surface area contributed by atoms with Gasteiger partial charge in [0.05, 0.1) is 6.61 Å². The number of aromatic nitrogens is 2. The first-order valence-electron chi connectivity index (χ1n) is 13.1. The number of nitrogens with one attached hydrogen (secondary N) is 2. The Morgan fingerprint density at radius 1 is 1.11 bits per heavy atom. The van der Waals surface area contributed by atoms with Crippen LogP contribution in [-0.4, -0.2) is 52.3 Å². The fourth-order valence-corrected chi connectivity index (χ4v) is 4.43. The monoisotopic (exact) mass is 505 g/mol. The first kappa shape index (κ1) is 26.7. The summed E-state index contributed by atoms with van der Waals surface area (Å²) in [5, 5.41) is 8.00. The first-order chi connectivity index (χ1) is 17.7. The highest BCUT2D eigenvalue weighted by Gasteiger charge is 2.21. The van der Waals surface area contributed by atoms with E-state index in [4.69, 9.17) is 9.47 Å². The Kier molecular flexibility index (Phi) is 8.48. The van der Waals surface area contributed by atoms with Crippen LogP contribution >= 0.6 is 0 Å². The highest BCUT2D eigenvalue weighted by molar-refractivity contribution is 5.99. The van der Waals surface area contributed by atoms with Crippen molar-refractivity contribution in [3.63, 3.8) is 0 Å². The molecular formula is C29H39N5O3. The average molecular weight is 506 g/mol. The number of pyridine rings is 2. The summed E-state index contributed by atoms with van der Waals surface area (Å²) in [5.41, 5.74) is 1.46. The molecule has 37 heavy (non-hydrogen) atoms. The summed E-state index contributed by atoms with van der Waals surface area (Å²) in [6.07, 6.45) is 5.37. The summed E-state index contributed by atoms with van der Waals surface area (Å²) in [6, 6.07) is 12.5. The summed E-state index contributed by atoms with van der Waals surface area (Å²) in [6.45, 7) is 13.7. The van der Waals surface area contributed by atoms with Gasteiger partial charge in [-0.25, -0.2) is 14.8 Å². The SMILES string of the molecule is CC(C)N1CCC(COc2ccc(CNc3ccc4c(NC(=O)OC(C)(C)C)nccc4c3)cn2)CC1. The van der Waals surface area contributed by atoms with Crippen molar-refractivity contribution in [1.82, 2.24) is 14.9 Å². The molecule has 198 valence electrons. The third kappa shape index (κ3) is 7.79. The van der Waals surface area contributed by atoms with Crippen molar-refractivity contribution >= 4 is 28.4 Å². The molecule has 0 saturated carbocycles. The Morgan fingerprint density at radius 3 is 2.57 bits per heavy atom. The molecule has 0 unspecified atom stereocenters. The second-order valence-electron chi connectivity index (χ2n) is 11.0. The van der Waals surface area contributed by atoms with E-state index in [0.717, 1.165) is 41.7 Å². The number of likely N-dealkylation sites (tertiary alicyclic amines) is 1. The molecule has 2 aromatic heterocycles. The minimum absolute atomic E-state index is 0.476. The van der Waals surface area contributed by atoms with E-state index in [1.807, 2.05) is 63.4 Å². The number of anilines is 2. The molecule has 1 saturated heterocycles. The van der Waals surface area contributed by atoms with Gasteiger partial charge in [0.25, 0.3) is 0 Å². The lowest BCUT2D eigenvalue weighted by Gasteiger charge is -2.34. The summed E-state index contributed by atoms with van der Waals surface area (Å²) in [7, 11) is 0. The molecule has 0 bridgehead atoms. The van der Waals surface area contributed by atoms with E-state index in [0.29, 0.717) is 30.2 Å². The lowest BCUT2D eigenvalue weighted by Crippen LogP contribution is -2.39. The molecule has 8 nitrogen and oxygen atoms in total. The largest absolute Gasteiger partial charge is 0.477 e. The Hall–Kier alpha value is -3.39. The van der Waals surface area contributed by atoms with E-state index in [2.05, 4.69) is 39.3 Å². The van der Waals surface area contributed by atoms with Crippen LogP contribution in [0.25, 0.3) is 10.8 Å². The predicted octanol–water partition coefficient (Wildman–Crippen LogP) is 6.09. The van der Waals surface area contributed by atoms with Crippen LogP contribution in [0.1, 0.15) is 53.0 Å². The zero-order chi connectivity index (χ0) is 26.4. The molecule has 3 heterocycles. The molecule has 2 N–H and O–H groups in total. The smallest absolute Gasteiger partial charge is 0.413 e. The fourth-order valence-electron chi connectivity index (χ4n) is 4.43. The highest BCUT2D eigenvalue weighted by atomic mass is 16.6. The Labute approximate surface area is 219 Å². The molecule has 8 heteroatoms. The Bertz CT molecular complexity index is 1180. The zero-order valence-electron chi connectivity index (χ0n) is 22.6. The predicted molar refractivity (Wildman–Crippen MR) is 148 cm³/mol. The van der Waals surface area contributed by atoms with E-state index in [1.165, 1.54) is 12.8 Å². The van der Waals surface area contributed by atoms with E-state index < -0.39 is 11.7 Å². The van der Waals surface area contributed by atoms with Crippen molar-refractivity contribution in [3.05, 3.63) is 54.4 Å². The summed E-state index contributed by atoms with van der Waals surface area (Å²) >= 11 is 0. The van der Waals surface area contributed by atoms with Gasteiger partial charge in [0, 0.05) is 42.1 Å². The molecule has 1 aliphatic rings. The molecule has 0 radical (unpaired) electrons. The molecule has 1 aromatic carbocycles. The zero-order valence-corrected chi connectivity index (χ0v) is 22.6. The normalized spacial score (nSPS) is 15.1. The number of fused-ring (bicyclic) bond motifs is 1. The van der Waals surface area contributed by atoms with Gasteiger partial charge in [-0.1, -0.05) is 6.07 Å². The van der Waals surface area contributed by atoms with Crippen molar-refractivity contribution in [1.29, 1.82) is 0 Å². The minimum Gasteiger partial charge on any atom is -0.477 e. The number of hydrogen-bond acceptors (Lipinski definition) is 7. The molecule has 4 rings (SSSR count). The molecular weight excluding hydrogens is 466 g/mol. The lowest BCUT2D eigenvalue weighted by molar-refractivity contribution is 0.0635. The van der Waals surface area contributed by atoms with Crippen LogP contribution in [0.4, 0.5) is 16.3 Å². The van der Waals surface area contributed by atoms with E-state index >= 15 is 0 Å². The van der Waals surface area contributed by atoms with E-state index in [1.54, 1.807) is 6.20 Å². The van der Waals surface area contributed by atoms with Gasteiger partial charge in [0.1, 0.15) is 11.4 Å². The van der Waals surface area contributed by atoms with Crippen LogP contribution in [0.3, 0.4) is 0 Å². The average Bonchev–Trinajstić information content (AvgIpc) is 2.86. The van der Waals surface area contributed by atoms with Gasteiger partial charge in [0.2, 0.25) is 5.88 Å². The maximum atomic E-state index is 12.2. The van der Waals surface area contributed by atoms with Crippen LogP contribution < -0.4 is 15.4 Å². The first-order valence-corrected chi connectivity index (χ1v) is 13.1.